The number of nitrogens with zero attached hydrogens (tertiary/aromatic N) is 4. The Morgan fingerprint density at radius 2 is 2.25 bits per heavy atom. The molecule has 1 aromatic heterocycles. The van der Waals surface area contributed by atoms with Crippen LogP contribution in [0, 0.1) is 0 Å². The van der Waals surface area contributed by atoms with Gasteiger partial charge in [0.1, 0.15) is 6.10 Å². The highest BCUT2D eigenvalue weighted by molar-refractivity contribution is 6.31. The Labute approximate surface area is 171 Å². The van der Waals surface area contributed by atoms with Crippen LogP contribution in [0.15, 0.2) is 41.7 Å². The third-order valence-electron chi connectivity index (χ3n) is 4.85. The quantitative estimate of drug-likeness (QED) is 0.508. The Morgan fingerprint density at radius 1 is 1.43 bits per heavy atom. The largest absolute Gasteiger partial charge is 0.386 e. The minimum absolute atomic E-state index is 0.248. The number of nitrogens with one attached hydrogen (secondary N) is 2. The fourth-order valence-corrected chi connectivity index (χ4v) is 3.70. The van der Waals surface area contributed by atoms with Gasteiger partial charge in [-0.2, -0.15) is 5.10 Å². The minimum atomic E-state index is -0.734. The number of aromatic nitrogens is 2. The topological polar surface area (TPSA) is 77.7 Å². The van der Waals surface area contributed by atoms with Crippen LogP contribution in [0.3, 0.4) is 0 Å². The predicted octanol–water partition coefficient (Wildman–Crippen LogP) is 2.33. The number of hydrogen-bond acceptors (Lipinski definition) is 4. The fourth-order valence-electron chi connectivity index (χ4n) is 3.44. The van der Waals surface area contributed by atoms with E-state index in [2.05, 4.69) is 25.6 Å². The Balaban J connectivity index is 1.61. The first-order valence-electron chi connectivity index (χ1n) is 9.77. The smallest absolute Gasteiger partial charge is 0.191 e. The number of piperidine rings is 1. The molecule has 1 aromatic carbocycles. The van der Waals surface area contributed by atoms with Crippen molar-refractivity contribution in [2.75, 3.05) is 31.1 Å². The van der Waals surface area contributed by atoms with Crippen LogP contribution in [0.2, 0.25) is 5.02 Å². The van der Waals surface area contributed by atoms with E-state index < -0.39 is 6.10 Å². The third-order valence-corrected chi connectivity index (χ3v) is 5.19. The first kappa shape index (κ1) is 20.5. The Kier molecular flexibility index (Phi) is 7.17. The Morgan fingerprint density at radius 3 is 2.96 bits per heavy atom. The molecule has 3 rings (SSSR count). The number of halogens is 1. The van der Waals surface area contributed by atoms with Crippen LogP contribution in [-0.4, -0.2) is 53.1 Å². The molecule has 0 radical (unpaired) electrons. The van der Waals surface area contributed by atoms with Crippen molar-refractivity contribution in [2.45, 2.75) is 31.9 Å². The van der Waals surface area contributed by atoms with Crippen LogP contribution in [0.1, 0.15) is 31.4 Å². The maximum Gasteiger partial charge on any atom is 0.191 e. The van der Waals surface area contributed by atoms with E-state index in [-0.39, 0.29) is 12.6 Å². The molecule has 2 atom stereocenters. The number of aliphatic hydroxyl groups excluding tert-OH is 1. The maximum atomic E-state index is 10.5. The van der Waals surface area contributed by atoms with Crippen LogP contribution in [0.25, 0.3) is 0 Å². The van der Waals surface area contributed by atoms with E-state index in [0.29, 0.717) is 16.5 Å². The lowest BCUT2D eigenvalue weighted by molar-refractivity contribution is 0.187. The van der Waals surface area contributed by atoms with Gasteiger partial charge in [-0.05, 0) is 25.8 Å². The SMILES string of the molecule is CCNC(=NCC(O)c1ccccc1Cl)NC1CCCN(c2cnn(C)c2)C1. The molecule has 1 fully saturated rings. The summed E-state index contributed by atoms with van der Waals surface area (Å²) in [6, 6.07) is 7.61. The molecule has 1 saturated heterocycles. The van der Waals surface area contributed by atoms with Gasteiger partial charge in [-0.15, -0.1) is 0 Å². The second-order valence-electron chi connectivity index (χ2n) is 7.06. The summed E-state index contributed by atoms with van der Waals surface area (Å²) in [5, 5.41) is 22.1. The van der Waals surface area contributed by atoms with Crippen molar-refractivity contribution >= 4 is 23.2 Å². The van der Waals surface area contributed by atoms with E-state index in [9.17, 15) is 5.11 Å². The molecule has 0 aliphatic carbocycles. The summed E-state index contributed by atoms with van der Waals surface area (Å²) in [6.45, 7) is 4.96. The standard InChI is InChI=1S/C20H29ClN6O/c1-3-22-20(23-12-19(28)17-8-4-5-9-18(17)21)25-15-7-6-10-27(13-15)16-11-24-26(2)14-16/h4-5,8-9,11,14-15,19,28H,3,6-7,10,12-13H2,1-2H3,(H2,22,23,25). The third kappa shape index (κ3) is 5.39. The molecule has 152 valence electrons. The molecule has 0 bridgehead atoms. The zero-order chi connectivity index (χ0) is 19.9. The molecule has 28 heavy (non-hydrogen) atoms. The number of rotatable bonds is 6. The number of aryl methyl sites for hydroxylation is 1. The number of benzene rings is 1. The lowest BCUT2D eigenvalue weighted by Crippen LogP contribution is -2.51. The van der Waals surface area contributed by atoms with E-state index in [1.54, 1.807) is 6.07 Å². The molecule has 0 spiro atoms. The van der Waals surface area contributed by atoms with Gasteiger partial charge in [-0.3, -0.25) is 9.67 Å². The molecule has 8 heteroatoms. The summed E-state index contributed by atoms with van der Waals surface area (Å²) in [5.74, 6) is 0.714. The molecule has 2 heterocycles. The van der Waals surface area contributed by atoms with Gasteiger partial charge in [0.2, 0.25) is 0 Å². The number of hydrogen-bond donors (Lipinski definition) is 3. The van der Waals surface area contributed by atoms with Crippen molar-refractivity contribution in [3.63, 3.8) is 0 Å². The van der Waals surface area contributed by atoms with Gasteiger partial charge in [0.25, 0.3) is 0 Å². The van der Waals surface area contributed by atoms with Gasteiger partial charge in [0.05, 0.1) is 18.4 Å². The Hall–Kier alpha value is -2.25. The first-order valence-corrected chi connectivity index (χ1v) is 10.2. The second-order valence-corrected chi connectivity index (χ2v) is 7.47. The molecule has 1 aliphatic rings. The summed E-state index contributed by atoms with van der Waals surface area (Å²) >= 11 is 6.18. The lowest BCUT2D eigenvalue weighted by atomic mass is 10.1. The van der Waals surface area contributed by atoms with Gasteiger partial charge in [-0.25, -0.2) is 0 Å². The summed E-state index contributed by atoms with van der Waals surface area (Å²) in [5.41, 5.74) is 1.84. The summed E-state index contributed by atoms with van der Waals surface area (Å²) in [6.07, 6.45) is 5.40. The number of guanidine groups is 1. The van der Waals surface area contributed by atoms with Crippen LogP contribution in [0.5, 0.6) is 0 Å². The number of anilines is 1. The zero-order valence-corrected chi connectivity index (χ0v) is 17.2. The molecule has 3 N–H and O–H groups in total. The monoisotopic (exact) mass is 404 g/mol. The maximum absolute atomic E-state index is 10.5. The molecule has 0 amide bonds. The lowest BCUT2D eigenvalue weighted by Gasteiger charge is -2.34. The summed E-state index contributed by atoms with van der Waals surface area (Å²) in [4.78, 5) is 6.92. The van der Waals surface area contributed by atoms with Crippen molar-refractivity contribution in [3.05, 3.63) is 47.2 Å². The average Bonchev–Trinajstić information content (AvgIpc) is 3.13. The number of aliphatic imine (C=N–C) groups is 1. The molecule has 0 saturated carbocycles. The molecular weight excluding hydrogens is 376 g/mol. The highest BCUT2D eigenvalue weighted by Gasteiger charge is 2.22. The average molecular weight is 405 g/mol. The van der Waals surface area contributed by atoms with Crippen LogP contribution >= 0.6 is 11.6 Å². The van der Waals surface area contributed by atoms with Gasteiger partial charge in [0.15, 0.2) is 5.96 Å². The molecular formula is C20H29ClN6O. The first-order chi connectivity index (χ1) is 13.6. The number of aliphatic hydroxyl groups is 1. The highest BCUT2D eigenvalue weighted by Crippen LogP contribution is 2.23. The van der Waals surface area contributed by atoms with Gasteiger partial charge in [0, 0.05) is 49.5 Å². The highest BCUT2D eigenvalue weighted by atomic mass is 35.5. The predicted molar refractivity (Wildman–Crippen MR) is 114 cm³/mol. The van der Waals surface area contributed by atoms with Crippen LogP contribution in [-0.2, 0) is 7.05 Å². The van der Waals surface area contributed by atoms with Gasteiger partial charge in [-0.1, -0.05) is 29.8 Å². The zero-order valence-electron chi connectivity index (χ0n) is 16.5. The van der Waals surface area contributed by atoms with Crippen molar-refractivity contribution in [1.82, 2.24) is 20.4 Å². The molecule has 2 aromatic rings. The van der Waals surface area contributed by atoms with Crippen molar-refractivity contribution in [3.8, 4) is 0 Å². The van der Waals surface area contributed by atoms with Crippen molar-refractivity contribution in [1.29, 1.82) is 0 Å². The van der Waals surface area contributed by atoms with Crippen molar-refractivity contribution in [2.24, 2.45) is 12.0 Å². The summed E-state index contributed by atoms with van der Waals surface area (Å²) < 4.78 is 1.83. The van der Waals surface area contributed by atoms with Crippen LogP contribution < -0.4 is 15.5 Å². The summed E-state index contributed by atoms with van der Waals surface area (Å²) in [7, 11) is 1.93. The van der Waals surface area contributed by atoms with Gasteiger partial charge < -0.3 is 20.6 Å². The Bertz CT molecular complexity index is 793. The van der Waals surface area contributed by atoms with Crippen LogP contribution in [0.4, 0.5) is 5.69 Å². The van der Waals surface area contributed by atoms with E-state index in [0.717, 1.165) is 38.2 Å². The van der Waals surface area contributed by atoms with Crippen molar-refractivity contribution < 1.29 is 5.11 Å². The van der Waals surface area contributed by atoms with E-state index in [4.69, 9.17) is 11.6 Å². The molecule has 7 nitrogen and oxygen atoms in total. The van der Waals surface area contributed by atoms with E-state index in [1.165, 1.54) is 0 Å². The minimum Gasteiger partial charge on any atom is -0.386 e. The normalized spacial score (nSPS) is 18.8. The van der Waals surface area contributed by atoms with E-state index >= 15 is 0 Å². The molecule has 2 unspecified atom stereocenters. The van der Waals surface area contributed by atoms with E-state index in [1.807, 2.05) is 49.2 Å². The fraction of sp³-hybridized carbons (Fsp3) is 0.500. The second kappa shape index (κ2) is 9.80. The molecule has 1 aliphatic heterocycles. The van der Waals surface area contributed by atoms with Gasteiger partial charge >= 0.3 is 0 Å².